The molecule has 0 aliphatic carbocycles. The Kier molecular flexibility index (Phi) is 3.58. The van der Waals surface area contributed by atoms with E-state index in [1.54, 1.807) is 18.3 Å². The van der Waals surface area contributed by atoms with Gasteiger partial charge in [0.05, 0.1) is 6.54 Å². The fourth-order valence-electron chi connectivity index (χ4n) is 1.35. The molecule has 5 heteroatoms. The first-order valence-electron chi connectivity index (χ1n) is 5.10. The highest BCUT2D eigenvalue weighted by Gasteiger charge is 2.07. The Labute approximate surface area is 107 Å². The van der Waals surface area contributed by atoms with E-state index in [9.17, 15) is 4.79 Å². The number of furan rings is 1. The number of carbonyl (C=O) groups is 1. The molecule has 0 saturated carbocycles. The van der Waals surface area contributed by atoms with Crippen molar-refractivity contribution in [1.82, 2.24) is 10.3 Å². The number of rotatable bonds is 3. The summed E-state index contributed by atoms with van der Waals surface area (Å²) in [5.41, 5.74) is 0.386. The number of pyridine rings is 1. The zero-order valence-electron chi connectivity index (χ0n) is 9.24. The molecule has 2 aromatic rings. The standard InChI is InChI=1S/C12H11BrN2O2/c1-8-2-4-10(17-8)7-15-12(16)11-5-3-9(13)6-14-11/h2-6H,7H2,1H3,(H,15,16). The van der Waals surface area contributed by atoms with Gasteiger partial charge in [0, 0.05) is 10.7 Å². The van der Waals surface area contributed by atoms with Gasteiger partial charge < -0.3 is 9.73 Å². The van der Waals surface area contributed by atoms with Crippen molar-refractivity contribution in [3.05, 3.63) is 52.1 Å². The van der Waals surface area contributed by atoms with Crippen LogP contribution >= 0.6 is 15.9 Å². The van der Waals surface area contributed by atoms with Gasteiger partial charge in [-0.1, -0.05) is 0 Å². The Balaban J connectivity index is 1.95. The largest absolute Gasteiger partial charge is 0.465 e. The monoisotopic (exact) mass is 294 g/mol. The predicted octanol–water partition coefficient (Wildman–Crippen LogP) is 2.68. The molecule has 0 aliphatic heterocycles. The van der Waals surface area contributed by atoms with Crippen LogP contribution in [0.4, 0.5) is 0 Å². The molecule has 2 heterocycles. The second-order valence-electron chi connectivity index (χ2n) is 3.56. The zero-order valence-corrected chi connectivity index (χ0v) is 10.8. The number of aryl methyl sites for hydroxylation is 1. The predicted molar refractivity (Wildman–Crippen MR) is 66.6 cm³/mol. The minimum Gasteiger partial charge on any atom is -0.465 e. The second-order valence-corrected chi connectivity index (χ2v) is 4.47. The maximum absolute atomic E-state index is 11.7. The number of amides is 1. The Morgan fingerprint density at radius 3 is 2.82 bits per heavy atom. The van der Waals surface area contributed by atoms with Crippen molar-refractivity contribution in [3.63, 3.8) is 0 Å². The van der Waals surface area contributed by atoms with Gasteiger partial charge in [0.25, 0.3) is 5.91 Å². The van der Waals surface area contributed by atoms with Gasteiger partial charge >= 0.3 is 0 Å². The average molecular weight is 295 g/mol. The summed E-state index contributed by atoms with van der Waals surface area (Å²) >= 11 is 3.26. The average Bonchev–Trinajstić information content (AvgIpc) is 2.73. The molecule has 2 aromatic heterocycles. The molecule has 1 amide bonds. The molecule has 0 bridgehead atoms. The maximum Gasteiger partial charge on any atom is 0.270 e. The highest BCUT2D eigenvalue weighted by Crippen LogP contribution is 2.08. The normalized spacial score (nSPS) is 10.2. The van der Waals surface area contributed by atoms with Crippen molar-refractivity contribution in [2.75, 3.05) is 0 Å². The molecule has 0 aliphatic rings. The third kappa shape index (κ3) is 3.17. The van der Waals surface area contributed by atoms with Crippen molar-refractivity contribution in [3.8, 4) is 0 Å². The van der Waals surface area contributed by atoms with Crippen molar-refractivity contribution in [2.45, 2.75) is 13.5 Å². The van der Waals surface area contributed by atoms with Crippen LogP contribution in [0.25, 0.3) is 0 Å². The molecule has 0 aromatic carbocycles. The molecule has 0 saturated heterocycles. The van der Waals surface area contributed by atoms with Crippen LogP contribution in [0, 0.1) is 6.92 Å². The lowest BCUT2D eigenvalue weighted by Gasteiger charge is -2.02. The fraction of sp³-hybridized carbons (Fsp3) is 0.167. The first kappa shape index (κ1) is 11.9. The first-order valence-corrected chi connectivity index (χ1v) is 5.89. The van der Waals surface area contributed by atoms with Gasteiger partial charge in [0.1, 0.15) is 17.2 Å². The minimum atomic E-state index is -0.216. The summed E-state index contributed by atoms with van der Waals surface area (Å²) in [7, 11) is 0. The molecule has 4 nitrogen and oxygen atoms in total. The van der Waals surface area contributed by atoms with Crippen molar-refractivity contribution in [2.24, 2.45) is 0 Å². The number of nitrogens with one attached hydrogen (secondary N) is 1. The van der Waals surface area contributed by atoms with E-state index in [0.29, 0.717) is 12.2 Å². The summed E-state index contributed by atoms with van der Waals surface area (Å²) in [5.74, 6) is 1.34. The molecule has 0 unspecified atom stereocenters. The van der Waals surface area contributed by atoms with E-state index in [0.717, 1.165) is 16.0 Å². The summed E-state index contributed by atoms with van der Waals surface area (Å²) < 4.78 is 6.19. The number of hydrogen-bond acceptors (Lipinski definition) is 3. The number of nitrogens with zero attached hydrogens (tertiary/aromatic N) is 1. The molecule has 2 rings (SSSR count). The third-order valence-corrected chi connectivity index (χ3v) is 2.65. The Morgan fingerprint density at radius 2 is 2.24 bits per heavy atom. The topological polar surface area (TPSA) is 55.1 Å². The minimum absolute atomic E-state index is 0.216. The number of carbonyl (C=O) groups excluding carboxylic acids is 1. The SMILES string of the molecule is Cc1ccc(CNC(=O)c2ccc(Br)cn2)o1. The van der Waals surface area contributed by atoms with Crippen molar-refractivity contribution in [1.29, 1.82) is 0 Å². The van der Waals surface area contributed by atoms with Crippen LogP contribution < -0.4 is 5.32 Å². The van der Waals surface area contributed by atoms with Crippen LogP contribution in [0.5, 0.6) is 0 Å². The fourth-order valence-corrected chi connectivity index (χ4v) is 1.58. The first-order chi connectivity index (χ1) is 8.15. The molecule has 0 fully saturated rings. The van der Waals surface area contributed by atoms with Gasteiger partial charge in [-0.25, -0.2) is 4.98 Å². The summed E-state index contributed by atoms with van der Waals surface area (Å²) in [6, 6.07) is 7.13. The summed E-state index contributed by atoms with van der Waals surface area (Å²) in [4.78, 5) is 15.7. The van der Waals surface area contributed by atoms with E-state index in [-0.39, 0.29) is 5.91 Å². The lowest BCUT2D eigenvalue weighted by Crippen LogP contribution is -2.23. The van der Waals surface area contributed by atoms with Crippen LogP contribution in [0.1, 0.15) is 22.0 Å². The number of halogens is 1. The van der Waals surface area contributed by atoms with Gasteiger partial charge in [0.15, 0.2) is 0 Å². The third-order valence-electron chi connectivity index (χ3n) is 2.18. The molecular weight excluding hydrogens is 284 g/mol. The molecule has 1 N–H and O–H groups in total. The molecule has 17 heavy (non-hydrogen) atoms. The van der Waals surface area contributed by atoms with Gasteiger partial charge in [0.2, 0.25) is 0 Å². The summed E-state index contributed by atoms with van der Waals surface area (Å²) in [6.45, 7) is 2.23. The Bertz CT molecular complexity index is 520. The van der Waals surface area contributed by atoms with Crippen LogP contribution in [-0.2, 0) is 6.54 Å². The number of aromatic nitrogens is 1. The van der Waals surface area contributed by atoms with E-state index in [1.165, 1.54) is 0 Å². The van der Waals surface area contributed by atoms with Crippen molar-refractivity contribution < 1.29 is 9.21 Å². The van der Waals surface area contributed by atoms with Gasteiger partial charge in [-0.15, -0.1) is 0 Å². The van der Waals surface area contributed by atoms with Crippen LogP contribution in [0.15, 0.2) is 39.4 Å². The van der Waals surface area contributed by atoms with Gasteiger partial charge in [-0.3, -0.25) is 4.79 Å². The molecule has 0 atom stereocenters. The summed E-state index contributed by atoms with van der Waals surface area (Å²) in [6.07, 6.45) is 1.59. The second kappa shape index (κ2) is 5.14. The molecule has 0 spiro atoms. The molecule has 0 radical (unpaired) electrons. The smallest absolute Gasteiger partial charge is 0.270 e. The lowest BCUT2D eigenvalue weighted by molar-refractivity contribution is 0.0943. The molecule has 88 valence electrons. The molecular formula is C12H11BrN2O2. The Morgan fingerprint density at radius 1 is 1.41 bits per heavy atom. The Hall–Kier alpha value is -1.62. The maximum atomic E-state index is 11.7. The van der Waals surface area contributed by atoms with E-state index in [1.807, 2.05) is 19.1 Å². The lowest BCUT2D eigenvalue weighted by atomic mass is 10.3. The quantitative estimate of drug-likeness (QED) is 0.947. The van der Waals surface area contributed by atoms with E-state index < -0.39 is 0 Å². The van der Waals surface area contributed by atoms with Crippen LogP contribution in [0.3, 0.4) is 0 Å². The summed E-state index contributed by atoms with van der Waals surface area (Å²) in [5, 5.41) is 2.74. The van der Waals surface area contributed by atoms with Gasteiger partial charge in [-0.2, -0.15) is 0 Å². The van der Waals surface area contributed by atoms with E-state index in [2.05, 4.69) is 26.2 Å². The van der Waals surface area contributed by atoms with E-state index in [4.69, 9.17) is 4.42 Å². The van der Waals surface area contributed by atoms with E-state index >= 15 is 0 Å². The zero-order chi connectivity index (χ0) is 12.3. The highest BCUT2D eigenvalue weighted by molar-refractivity contribution is 9.10. The van der Waals surface area contributed by atoms with Crippen LogP contribution in [0.2, 0.25) is 0 Å². The van der Waals surface area contributed by atoms with Gasteiger partial charge in [-0.05, 0) is 47.1 Å². The number of hydrogen-bond donors (Lipinski definition) is 1. The highest BCUT2D eigenvalue weighted by atomic mass is 79.9. The van der Waals surface area contributed by atoms with Crippen molar-refractivity contribution >= 4 is 21.8 Å². The van der Waals surface area contributed by atoms with Crippen LogP contribution in [-0.4, -0.2) is 10.9 Å².